The van der Waals surface area contributed by atoms with E-state index in [1.807, 2.05) is 24.3 Å². The maximum atomic E-state index is 12.2. The second kappa shape index (κ2) is 7.23. The molecule has 0 atom stereocenters. The summed E-state index contributed by atoms with van der Waals surface area (Å²) in [6, 6.07) is 14.5. The van der Waals surface area contributed by atoms with Crippen molar-refractivity contribution >= 4 is 53.2 Å². The van der Waals surface area contributed by atoms with Gasteiger partial charge in [-0.2, -0.15) is 4.99 Å². The van der Waals surface area contributed by atoms with Gasteiger partial charge in [0.15, 0.2) is 14.6 Å². The minimum Gasteiger partial charge on any atom is -0.318 e. The van der Waals surface area contributed by atoms with Gasteiger partial charge < -0.3 is 4.57 Å². The third-order valence-corrected chi connectivity index (χ3v) is 6.76. The Morgan fingerprint density at radius 1 is 1.16 bits per heavy atom. The number of hydrogen-bond donors (Lipinski definition) is 0. The van der Waals surface area contributed by atoms with Crippen molar-refractivity contribution in [3.63, 3.8) is 0 Å². The average Bonchev–Trinajstić information content (AvgIpc) is 2.84. The molecule has 3 rings (SSSR count). The molecule has 130 valence electrons. The molecule has 1 aromatic heterocycles. The van der Waals surface area contributed by atoms with Gasteiger partial charge in [-0.15, -0.1) is 0 Å². The fourth-order valence-corrected chi connectivity index (χ4v) is 5.54. The SMILES string of the molecule is Cn1c(=NC(=O)CS(=O)(=O)Cc2ccccc2)sc2cccc(Br)c21. The lowest BCUT2D eigenvalue weighted by Gasteiger charge is -2.02. The van der Waals surface area contributed by atoms with Gasteiger partial charge >= 0.3 is 0 Å². The zero-order chi connectivity index (χ0) is 18.0. The number of halogens is 1. The quantitative estimate of drug-likeness (QED) is 0.628. The number of aromatic nitrogens is 1. The monoisotopic (exact) mass is 438 g/mol. The Morgan fingerprint density at radius 2 is 1.88 bits per heavy atom. The molecule has 0 bridgehead atoms. The van der Waals surface area contributed by atoms with Crippen molar-refractivity contribution in [2.75, 3.05) is 5.75 Å². The third-order valence-electron chi connectivity index (χ3n) is 3.57. The summed E-state index contributed by atoms with van der Waals surface area (Å²) in [5, 5.41) is 0. The van der Waals surface area contributed by atoms with E-state index in [2.05, 4.69) is 20.9 Å². The zero-order valence-electron chi connectivity index (χ0n) is 13.3. The van der Waals surface area contributed by atoms with Crippen LogP contribution in [0.2, 0.25) is 0 Å². The van der Waals surface area contributed by atoms with Crippen molar-refractivity contribution in [1.82, 2.24) is 4.57 Å². The first-order valence-corrected chi connectivity index (χ1v) is 10.8. The summed E-state index contributed by atoms with van der Waals surface area (Å²) >= 11 is 4.82. The third kappa shape index (κ3) is 4.26. The van der Waals surface area contributed by atoms with Gasteiger partial charge in [-0.3, -0.25) is 4.79 Å². The standard InChI is InChI=1S/C17H15BrN2O3S2/c1-20-16-13(18)8-5-9-14(16)24-17(20)19-15(21)11-25(22,23)10-12-6-3-2-4-7-12/h2-9H,10-11H2,1H3. The van der Waals surface area contributed by atoms with Crippen LogP contribution in [0.4, 0.5) is 0 Å². The smallest absolute Gasteiger partial charge is 0.263 e. The van der Waals surface area contributed by atoms with Crippen LogP contribution in [-0.2, 0) is 27.4 Å². The average molecular weight is 439 g/mol. The molecule has 0 aliphatic rings. The number of fused-ring (bicyclic) bond motifs is 1. The highest BCUT2D eigenvalue weighted by Crippen LogP contribution is 2.24. The summed E-state index contributed by atoms with van der Waals surface area (Å²) < 4.78 is 28.1. The summed E-state index contributed by atoms with van der Waals surface area (Å²) in [4.78, 5) is 16.6. The number of rotatable bonds is 4. The second-order valence-corrected chi connectivity index (χ2v) is 9.48. The van der Waals surface area contributed by atoms with Crippen molar-refractivity contribution in [1.29, 1.82) is 0 Å². The van der Waals surface area contributed by atoms with Crippen LogP contribution in [0.5, 0.6) is 0 Å². The highest BCUT2D eigenvalue weighted by molar-refractivity contribution is 9.10. The minimum atomic E-state index is -3.56. The maximum absolute atomic E-state index is 12.2. The van der Waals surface area contributed by atoms with Gasteiger partial charge in [0.1, 0.15) is 5.75 Å². The number of carbonyl (C=O) groups is 1. The molecule has 0 unspecified atom stereocenters. The van der Waals surface area contributed by atoms with E-state index in [0.29, 0.717) is 10.4 Å². The number of benzene rings is 2. The highest BCUT2D eigenvalue weighted by atomic mass is 79.9. The summed E-state index contributed by atoms with van der Waals surface area (Å²) in [5.41, 5.74) is 1.58. The van der Waals surface area contributed by atoms with E-state index in [9.17, 15) is 13.2 Å². The van der Waals surface area contributed by atoms with Crippen LogP contribution in [0.15, 0.2) is 58.0 Å². The topological polar surface area (TPSA) is 68.5 Å². The Morgan fingerprint density at radius 3 is 2.56 bits per heavy atom. The van der Waals surface area contributed by atoms with E-state index in [1.54, 1.807) is 35.9 Å². The predicted molar refractivity (Wildman–Crippen MR) is 103 cm³/mol. The molecule has 8 heteroatoms. The first kappa shape index (κ1) is 18.0. The molecular formula is C17H15BrN2O3S2. The molecule has 1 heterocycles. The van der Waals surface area contributed by atoms with Crippen LogP contribution in [0, 0.1) is 0 Å². The molecule has 0 radical (unpaired) electrons. The second-order valence-electron chi connectivity index (χ2n) is 5.55. The van der Waals surface area contributed by atoms with Gasteiger partial charge in [-0.1, -0.05) is 47.7 Å². The highest BCUT2D eigenvalue weighted by Gasteiger charge is 2.17. The van der Waals surface area contributed by atoms with Gasteiger partial charge in [0.05, 0.1) is 16.0 Å². The molecule has 0 saturated carbocycles. The fraction of sp³-hybridized carbons (Fsp3) is 0.176. The van der Waals surface area contributed by atoms with Gasteiger partial charge in [0, 0.05) is 11.5 Å². The van der Waals surface area contributed by atoms with E-state index in [-0.39, 0.29) is 5.75 Å². The molecule has 0 aliphatic heterocycles. The lowest BCUT2D eigenvalue weighted by atomic mass is 10.2. The van der Waals surface area contributed by atoms with Gasteiger partial charge in [0.25, 0.3) is 5.91 Å². The number of hydrogen-bond acceptors (Lipinski definition) is 4. The van der Waals surface area contributed by atoms with E-state index in [1.165, 1.54) is 11.3 Å². The Hall–Kier alpha value is -1.77. The molecule has 25 heavy (non-hydrogen) atoms. The van der Waals surface area contributed by atoms with Crippen molar-refractivity contribution in [3.8, 4) is 0 Å². The van der Waals surface area contributed by atoms with Crippen LogP contribution < -0.4 is 4.80 Å². The van der Waals surface area contributed by atoms with Gasteiger partial charge in [-0.25, -0.2) is 8.42 Å². The van der Waals surface area contributed by atoms with E-state index in [0.717, 1.165) is 14.7 Å². The molecular weight excluding hydrogens is 424 g/mol. The molecule has 0 fully saturated rings. The lowest BCUT2D eigenvalue weighted by Crippen LogP contribution is -2.20. The molecule has 1 amide bonds. The molecule has 0 saturated heterocycles. The minimum absolute atomic E-state index is 0.167. The number of sulfone groups is 1. The first-order chi connectivity index (χ1) is 11.9. The van der Waals surface area contributed by atoms with Crippen molar-refractivity contribution in [3.05, 3.63) is 63.4 Å². The summed E-state index contributed by atoms with van der Waals surface area (Å²) in [6.45, 7) is 0. The normalized spacial score (nSPS) is 12.6. The summed E-state index contributed by atoms with van der Waals surface area (Å²) in [5.74, 6) is -1.43. The number of carbonyl (C=O) groups excluding carboxylic acids is 1. The lowest BCUT2D eigenvalue weighted by molar-refractivity contribution is -0.115. The largest absolute Gasteiger partial charge is 0.318 e. The summed E-state index contributed by atoms with van der Waals surface area (Å²) in [7, 11) is -1.76. The number of thiazole rings is 1. The Labute approximate surface area is 157 Å². The number of nitrogens with zero attached hydrogens (tertiary/aromatic N) is 2. The van der Waals surface area contributed by atoms with Crippen LogP contribution in [-0.4, -0.2) is 24.6 Å². The number of para-hydroxylation sites is 1. The Kier molecular flexibility index (Phi) is 5.21. The molecule has 5 nitrogen and oxygen atoms in total. The number of aryl methyl sites for hydroxylation is 1. The molecule has 0 aliphatic carbocycles. The van der Waals surface area contributed by atoms with E-state index in [4.69, 9.17) is 0 Å². The Bertz CT molecular complexity index is 1100. The number of amides is 1. The van der Waals surface area contributed by atoms with Gasteiger partial charge in [0.2, 0.25) is 0 Å². The van der Waals surface area contributed by atoms with E-state index < -0.39 is 21.5 Å². The first-order valence-electron chi connectivity index (χ1n) is 7.42. The molecule has 0 spiro atoms. The van der Waals surface area contributed by atoms with Crippen LogP contribution in [0.3, 0.4) is 0 Å². The maximum Gasteiger partial charge on any atom is 0.263 e. The van der Waals surface area contributed by atoms with Crippen LogP contribution in [0.1, 0.15) is 5.56 Å². The zero-order valence-corrected chi connectivity index (χ0v) is 16.6. The van der Waals surface area contributed by atoms with Crippen LogP contribution in [0.25, 0.3) is 10.2 Å². The molecule has 3 aromatic rings. The van der Waals surface area contributed by atoms with Crippen molar-refractivity contribution in [2.24, 2.45) is 12.0 Å². The van der Waals surface area contributed by atoms with Crippen molar-refractivity contribution in [2.45, 2.75) is 5.75 Å². The predicted octanol–water partition coefficient (Wildman–Crippen LogP) is 3.04. The summed E-state index contributed by atoms with van der Waals surface area (Å²) in [6.07, 6.45) is 0. The van der Waals surface area contributed by atoms with Crippen molar-refractivity contribution < 1.29 is 13.2 Å². The van der Waals surface area contributed by atoms with E-state index >= 15 is 0 Å². The van der Waals surface area contributed by atoms with Crippen LogP contribution >= 0.6 is 27.3 Å². The molecule has 0 N–H and O–H groups in total. The Balaban J connectivity index is 1.86. The van der Waals surface area contributed by atoms with Gasteiger partial charge in [-0.05, 0) is 33.6 Å². The fourth-order valence-electron chi connectivity index (χ4n) is 2.47. The molecule has 2 aromatic carbocycles.